The first-order chi connectivity index (χ1) is 10.8. The second-order valence-electron chi connectivity index (χ2n) is 6.40. The smallest absolute Gasteiger partial charge is 0.191 e. The van der Waals surface area contributed by atoms with Crippen molar-refractivity contribution in [2.24, 2.45) is 10.9 Å². The van der Waals surface area contributed by atoms with E-state index in [4.69, 9.17) is 4.99 Å². The van der Waals surface area contributed by atoms with Gasteiger partial charge in [0.05, 0.1) is 0 Å². The molecule has 1 aliphatic carbocycles. The van der Waals surface area contributed by atoms with Crippen LogP contribution in [0.4, 0.5) is 5.69 Å². The predicted octanol–water partition coefficient (Wildman–Crippen LogP) is 3.24. The Morgan fingerprint density at radius 2 is 2.00 bits per heavy atom. The minimum atomic E-state index is 0. The quantitative estimate of drug-likeness (QED) is 0.415. The molecular formula is C18H29IN4. The van der Waals surface area contributed by atoms with Crippen LogP contribution in [0.2, 0.25) is 0 Å². The van der Waals surface area contributed by atoms with Gasteiger partial charge in [0.15, 0.2) is 5.96 Å². The first-order valence-electron chi connectivity index (χ1n) is 8.70. The number of hydrogen-bond acceptors (Lipinski definition) is 2. The molecule has 0 aromatic heterocycles. The van der Waals surface area contributed by atoms with Crippen molar-refractivity contribution < 1.29 is 0 Å². The number of guanidine groups is 1. The van der Waals surface area contributed by atoms with Gasteiger partial charge in [0.2, 0.25) is 0 Å². The lowest BCUT2D eigenvalue weighted by Crippen LogP contribution is -2.44. The van der Waals surface area contributed by atoms with Crippen LogP contribution in [0.1, 0.15) is 32.6 Å². The standard InChI is InChI=1S/C18H28N4.HI/c1-2-19-18(20-12-10-15-8-9-15)21-16-11-13-22(14-16)17-6-4-3-5-7-17;/h3-7,15-16H,2,8-14H2,1H3,(H2,19,20,21);1H. The lowest BCUT2D eigenvalue weighted by molar-refractivity contribution is 0.644. The second kappa shape index (κ2) is 9.35. The van der Waals surface area contributed by atoms with Crippen LogP contribution in [0.5, 0.6) is 0 Å². The van der Waals surface area contributed by atoms with E-state index in [9.17, 15) is 0 Å². The topological polar surface area (TPSA) is 39.7 Å². The van der Waals surface area contributed by atoms with Gasteiger partial charge in [-0.1, -0.05) is 31.0 Å². The Bertz CT molecular complexity index is 487. The molecule has 0 radical (unpaired) electrons. The monoisotopic (exact) mass is 428 g/mol. The fourth-order valence-corrected chi connectivity index (χ4v) is 3.03. The molecule has 1 atom stereocenters. The number of aliphatic imine (C=N–C) groups is 1. The molecule has 1 heterocycles. The van der Waals surface area contributed by atoms with E-state index in [1.807, 2.05) is 0 Å². The Kier molecular flexibility index (Phi) is 7.46. The number of benzene rings is 1. The van der Waals surface area contributed by atoms with Gasteiger partial charge in [-0.3, -0.25) is 4.99 Å². The van der Waals surface area contributed by atoms with Gasteiger partial charge < -0.3 is 15.5 Å². The number of hydrogen-bond donors (Lipinski definition) is 2. The zero-order valence-corrected chi connectivity index (χ0v) is 16.3. The SMILES string of the molecule is CCNC(=NCCC1CC1)NC1CCN(c2ccccc2)C1.I. The summed E-state index contributed by atoms with van der Waals surface area (Å²) >= 11 is 0. The van der Waals surface area contributed by atoms with E-state index in [1.165, 1.54) is 31.4 Å². The van der Waals surface area contributed by atoms with Crippen molar-refractivity contribution in [3.8, 4) is 0 Å². The third kappa shape index (κ3) is 5.86. The molecule has 1 unspecified atom stereocenters. The van der Waals surface area contributed by atoms with Crippen LogP contribution in [-0.4, -0.2) is 38.2 Å². The third-order valence-electron chi connectivity index (χ3n) is 4.50. The van der Waals surface area contributed by atoms with Gasteiger partial charge in [-0.15, -0.1) is 24.0 Å². The molecule has 1 aromatic rings. The number of nitrogens with zero attached hydrogens (tertiary/aromatic N) is 2. The summed E-state index contributed by atoms with van der Waals surface area (Å²) in [5.74, 6) is 1.94. The molecule has 2 N–H and O–H groups in total. The van der Waals surface area contributed by atoms with Crippen molar-refractivity contribution in [1.82, 2.24) is 10.6 Å². The number of rotatable bonds is 6. The van der Waals surface area contributed by atoms with E-state index in [0.717, 1.165) is 38.1 Å². The minimum absolute atomic E-state index is 0. The Labute approximate surface area is 157 Å². The number of halogens is 1. The molecule has 3 rings (SSSR count). The first-order valence-corrected chi connectivity index (χ1v) is 8.70. The van der Waals surface area contributed by atoms with E-state index in [1.54, 1.807) is 0 Å². The van der Waals surface area contributed by atoms with Gasteiger partial charge in [-0.05, 0) is 37.8 Å². The molecule has 0 bridgehead atoms. The fraction of sp³-hybridized carbons (Fsp3) is 0.611. The highest BCUT2D eigenvalue weighted by molar-refractivity contribution is 14.0. The molecule has 1 aliphatic heterocycles. The number of nitrogens with one attached hydrogen (secondary N) is 2. The van der Waals surface area contributed by atoms with Crippen molar-refractivity contribution in [2.75, 3.05) is 31.1 Å². The summed E-state index contributed by atoms with van der Waals surface area (Å²) < 4.78 is 0. The summed E-state index contributed by atoms with van der Waals surface area (Å²) in [4.78, 5) is 7.18. The first kappa shape index (κ1) is 18.4. The zero-order valence-electron chi connectivity index (χ0n) is 14.0. The van der Waals surface area contributed by atoms with Crippen molar-refractivity contribution in [3.63, 3.8) is 0 Å². The Hall–Kier alpha value is -0.980. The summed E-state index contributed by atoms with van der Waals surface area (Å²) in [5, 5.41) is 6.99. The Balaban J connectivity index is 0.00000192. The summed E-state index contributed by atoms with van der Waals surface area (Å²) in [6, 6.07) is 11.2. The Morgan fingerprint density at radius 1 is 1.22 bits per heavy atom. The van der Waals surface area contributed by atoms with Gasteiger partial charge in [0.25, 0.3) is 0 Å². The molecule has 0 amide bonds. The molecule has 1 saturated carbocycles. The van der Waals surface area contributed by atoms with E-state index in [0.29, 0.717) is 6.04 Å². The molecular weight excluding hydrogens is 399 g/mol. The highest BCUT2D eigenvalue weighted by atomic mass is 127. The predicted molar refractivity (Wildman–Crippen MR) is 109 cm³/mol. The van der Waals surface area contributed by atoms with Gasteiger partial charge in [0, 0.05) is 37.9 Å². The fourth-order valence-electron chi connectivity index (χ4n) is 3.03. The molecule has 5 heteroatoms. The van der Waals surface area contributed by atoms with Gasteiger partial charge in [0.1, 0.15) is 0 Å². The third-order valence-corrected chi connectivity index (χ3v) is 4.50. The molecule has 128 valence electrons. The molecule has 2 fully saturated rings. The van der Waals surface area contributed by atoms with Crippen molar-refractivity contribution in [1.29, 1.82) is 0 Å². The summed E-state index contributed by atoms with van der Waals surface area (Å²) in [5.41, 5.74) is 1.32. The maximum atomic E-state index is 4.73. The summed E-state index contributed by atoms with van der Waals surface area (Å²) in [7, 11) is 0. The number of para-hydroxylation sites is 1. The highest BCUT2D eigenvalue weighted by Crippen LogP contribution is 2.32. The van der Waals surface area contributed by atoms with Crippen LogP contribution in [0, 0.1) is 5.92 Å². The van der Waals surface area contributed by atoms with E-state index in [2.05, 4.69) is 52.8 Å². The van der Waals surface area contributed by atoms with Gasteiger partial charge in [-0.25, -0.2) is 0 Å². The Morgan fingerprint density at radius 3 is 2.70 bits per heavy atom. The van der Waals surface area contributed by atoms with E-state index >= 15 is 0 Å². The number of anilines is 1. The van der Waals surface area contributed by atoms with Crippen LogP contribution in [0.25, 0.3) is 0 Å². The maximum absolute atomic E-state index is 4.73. The van der Waals surface area contributed by atoms with Crippen molar-refractivity contribution in [3.05, 3.63) is 30.3 Å². The van der Waals surface area contributed by atoms with Gasteiger partial charge in [-0.2, -0.15) is 0 Å². The molecule has 23 heavy (non-hydrogen) atoms. The van der Waals surface area contributed by atoms with Crippen LogP contribution < -0.4 is 15.5 Å². The lowest BCUT2D eigenvalue weighted by Gasteiger charge is -2.20. The highest BCUT2D eigenvalue weighted by Gasteiger charge is 2.23. The molecule has 4 nitrogen and oxygen atoms in total. The maximum Gasteiger partial charge on any atom is 0.191 e. The second-order valence-corrected chi connectivity index (χ2v) is 6.40. The van der Waals surface area contributed by atoms with Crippen LogP contribution in [0.3, 0.4) is 0 Å². The van der Waals surface area contributed by atoms with Crippen LogP contribution >= 0.6 is 24.0 Å². The summed E-state index contributed by atoms with van der Waals surface area (Å²) in [6.07, 6.45) is 5.24. The average Bonchev–Trinajstić information content (AvgIpc) is 3.25. The molecule has 2 aliphatic rings. The van der Waals surface area contributed by atoms with Crippen LogP contribution in [0.15, 0.2) is 35.3 Å². The zero-order chi connectivity index (χ0) is 15.2. The lowest BCUT2D eigenvalue weighted by atomic mass is 10.2. The largest absolute Gasteiger partial charge is 0.369 e. The van der Waals surface area contributed by atoms with Gasteiger partial charge >= 0.3 is 0 Å². The van der Waals surface area contributed by atoms with E-state index < -0.39 is 0 Å². The molecule has 1 saturated heterocycles. The van der Waals surface area contributed by atoms with Crippen molar-refractivity contribution in [2.45, 2.75) is 38.6 Å². The van der Waals surface area contributed by atoms with Crippen LogP contribution in [-0.2, 0) is 0 Å². The minimum Gasteiger partial charge on any atom is -0.369 e. The average molecular weight is 428 g/mol. The van der Waals surface area contributed by atoms with Crippen molar-refractivity contribution >= 4 is 35.6 Å². The summed E-state index contributed by atoms with van der Waals surface area (Å²) in [6.45, 7) is 6.17. The molecule has 0 spiro atoms. The molecule has 1 aromatic carbocycles. The van der Waals surface area contributed by atoms with E-state index in [-0.39, 0.29) is 24.0 Å². The normalized spacial score (nSPS) is 21.0.